The summed E-state index contributed by atoms with van der Waals surface area (Å²) in [6.45, 7) is 0. The third-order valence-corrected chi connectivity index (χ3v) is 3.77. The standard InChI is InChI=1S/C18H15F3N2O2/c19-18(20,21)13-3-1-2-12(10-13)17(25)23-14-6-4-11(5-7-14)16(24)22-15-8-9-15/h1-7,10,15H,8-9H2,(H,22,24)(H,23,25). The molecule has 2 aromatic carbocycles. The minimum absolute atomic E-state index is 0.0922. The SMILES string of the molecule is O=C(Nc1ccc(C(=O)NC2CC2)cc1)c1cccc(C(F)(F)F)c1. The first kappa shape index (κ1) is 17.0. The zero-order valence-corrected chi connectivity index (χ0v) is 13.1. The van der Waals surface area contributed by atoms with Gasteiger partial charge in [0, 0.05) is 22.9 Å². The fourth-order valence-electron chi connectivity index (χ4n) is 2.24. The lowest BCUT2D eigenvalue weighted by molar-refractivity contribution is -0.137. The summed E-state index contributed by atoms with van der Waals surface area (Å²) in [5, 5.41) is 5.36. The number of halogens is 3. The quantitative estimate of drug-likeness (QED) is 0.882. The molecule has 7 heteroatoms. The van der Waals surface area contributed by atoms with E-state index in [1.807, 2.05) is 0 Å². The molecule has 1 aliphatic rings. The summed E-state index contributed by atoms with van der Waals surface area (Å²) >= 11 is 0. The van der Waals surface area contributed by atoms with Crippen molar-refractivity contribution in [3.8, 4) is 0 Å². The van der Waals surface area contributed by atoms with E-state index >= 15 is 0 Å². The number of benzene rings is 2. The van der Waals surface area contributed by atoms with E-state index < -0.39 is 17.6 Å². The Balaban J connectivity index is 1.67. The first-order chi connectivity index (χ1) is 11.8. The molecule has 0 aromatic heterocycles. The van der Waals surface area contributed by atoms with E-state index in [-0.39, 0.29) is 17.5 Å². The van der Waals surface area contributed by atoms with Crippen molar-refractivity contribution in [1.29, 1.82) is 0 Å². The van der Waals surface area contributed by atoms with Crippen LogP contribution < -0.4 is 10.6 Å². The summed E-state index contributed by atoms with van der Waals surface area (Å²) in [5.41, 5.74) is -0.119. The van der Waals surface area contributed by atoms with Gasteiger partial charge in [-0.05, 0) is 55.3 Å². The van der Waals surface area contributed by atoms with Gasteiger partial charge in [-0.25, -0.2) is 0 Å². The minimum atomic E-state index is -4.51. The molecule has 0 spiro atoms. The van der Waals surface area contributed by atoms with Gasteiger partial charge in [0.05, 0.1) is 5.56 Å². The zero-order valence-electron chi connectivity index (χ0n) is 13.1. The predicted octanol–water partition coefficient (Wildman–Crippen LogP) is 3.85. The number of amides is 2. The van der Waals surface area contributed by atoms with Crippen molar-refractivity contribution in [2.45, 2.75) is 25.1 Å². The molecule has 1 fully saturated rings. The number of rotatable bonds is 4. The van der Waals surface area contributed by atoms with Gasteiger partial charge < -0.3 is 10.6 Å². The largest absolute Gasteiger partial charge is 0.416 e. The molecule has 2 aromatic rings. The second kappa shape index (κ2) is 6.58. The van der Waals surface area contributed by atoms with E-state index in [1.165, 1.54) is 24.3 Å². The van der Waals surface area contributed by atoms with Gasteiger partial charge in [0.25, 0.3) is 11.8 Å². The molecule has 4 nitrogen and oxygen atoms in total. The van der Waals surface area contributed by atoms with Gasteiger partial charge in [-0.1, -0.05) is 6.07 Å². The van der Waals surface area contributed by atoms with Crippen LogP contribution >= 0.6 is 0 Å². The maximum Gasteiger partial charge on any atom is 0.416 e. The fraction of sp³-hybridized carbons (Fsp3) is 0.222. The Morgan fingerprint density at radius 2 is 1.60 bits per heavy atom. The summed E-state index contributed by atoms with van der Waals surface area (Å²) in [7, 11) is 0. The molecule has 0 atom stereocenters. The van der Waals surface area contributed by atoms with Crippen LogP contribution in [0.15, 0.2) is 48.5 Å². The van der Waals surface area contributed by atoms with Crippen LogP contribution in [0.5, 0.6) is 0 Å². The number of carbonyl (C=O) groups excluding carboxylic acids is 2. The van der Waals surface area contributed by atoms with Crippen LogP contribution in [-0.4, -0.2) is 17.9 Å². The Labute approximate surface area is 142 Å². The van der Waals surface area contributed by atoms with Gasteiger partial charge in [-0.3, -0.25) is 9.59 Å². The minimum Gasteiger partial charge on any atom is -0.349 e. The van der Waals surface area contributed by atoms with E-state index in [0.29, 0.717) is 11.3 Å². The highest BCUT2D eigenvalue weighted by Gasteiger charge is 2.30. The normalized spacial score (nSPS) is 14.0. The Kier molecular flexibility index (Phi) is 4.48. The topological polar surface area (TPSA) is 58.2 Å². The van der Waals surface area contributed by atoms with E-state index in [0.717, 1.165) is 25.0 Å². The third-order valence-electron chi connectivity index (χ3n) is 3.77. The number of nitrogens with one attached hydrogen (secondary N) is 2. The van der Waals surface area contributed by atoms with Crippen LogP contribution in [-0.2, 0) is 6.18 Å². The summed E-state index contributed by atoms with van der Waals surface area (Å²) < 4.78 is 38.1. The molecule has 3 rings (SSSR count). The van der Waals surface area contributed by atoms with Crippen molar-refractivity contribution in [2.24, 2.45) is 0 Å². The first-order valence-electron chi connectivity index (χ1n) is 7.72. The second-order valence-corrected chi connectivity index (χ2v) is 5.86. The molecule has 1 aliphatic carbocycles. The Morgan fingerprint density at radius 1 is 0.920 bits per heavy atom. The molecular weight excluding hydrogens is 333 g/mol. The van der Waals surface area contributed by atoms with E-state index in [2.05, 4.69) is 10.6 Å². The van der Waals surface area contributed by atoms with Crippen LogP contribution in [0.4, 0.5) is 18.9 Å². The summed E-state index contributed by atoms with van der Waals surface area (Å²) in [6.07, 6.45) is -2.54. The van der Waals surface area contributed by atoms with Crippen molar-refractivity contribution in [1.82, 2.24) is 5.32 Å². The van der Waals surface area contributed by atoms with Crippen LogP contribution in [0.25, 0.3) is 0 Å². The molecule has 0 radical (unpaired) electrons. The highest BCUT2D eigenvalue weighted by molar-refractivity contribution is 6.04. The van der Waals surface area contributed by atoms with Gasteiger partial charge in [0.1, 0.15) is 0 Å². The third kappa shape index (κ3) is 4.37. The molecule has 1 saturated carbocycles. The average Bonchev–Trinajstić information content (AvgIpc) is 3.39. The predicted molar refractivity (Wildman–Crippen MR) is 86.3 cm³/mol. The Morgan fingerprint density at radius 3 is 2.20 bits per heavy atom. The van der Waals surface area contributed by atoms with Crippen molar-refractivity contribution in [3.63, 3.8) is 0 Å². The van der Waals surface area contributed by atoms with Crippen LogP contribution in [0.1, 0.15) is 39.1 Å². The van der Waals surface area contributed by atoms with Crippen molar-refractivity contribution in [2.75, 3.05) is 5.32 Å². The van der Waals surface area contributed by atoms with E-state index in [1.54, 1.807) is 12.1 Å². The van der Waals surface area contributed by atoms with E-state index in [4.69, 9.17) is 0 Å². The fourth-order valence-corrected chi connectivity index (χ4v) is 2.24. The molecular formula is C18H15F3N2O2. The van der Waals surface area contributed by atoms with Gasteiger partial charge in [0.2, 0.25) is 0 Å². The van der Waals surface area contributed by atoms with Crippen molar-refractivity contribution < 1.29 is 22.8 Å². The number of carbonyl (C=O) groups is 2. The molecule has 0 unspecified atom stereocenters. The summed E-state index contributed by atoms with van der Waals surface area (Å²) in [4.78, 5) is 24.0. The summed E-state index contributed by atoms with van der Waals surface area (Å²) in [5.74, 6) is -0.834. The molecule has 130 valence electrons. The lowest BCUT2D eigenvalue weighted by Crippen LogP contribution is -2.25. The maximum absolute atomic E-state index is 12.7. The molecule has 0 heterocycles. The average molecular weight is 348 g/mol. The molecule has 2 amide bonds. The molecule has 25 heavy (non-hydrogen) atoms. The lowest BCUT2D eigenvalue weighted by atomic mass is 10.1. The van der Waals surface area contributed by atoms with Crippen LogP contribution in [0.3, 0.4) is 0 Å². The smallest absolute Gasteiger partial charge is 0.349 e. The van der Waals surface area contributed by atoms with Gasteiger partial charge >= 0.3 is 6.18 Å². The maximum atomic E-state index is 12.7. The van der Waals surface area contributed by atoms with E-state index in [9.17, 15) is 22.8 Å². The number of hydrogen-bond acceptors (Lipinski definition) is 2. The second-order valence-electron chi connectivity index (χ2n) is 5.86. The molecule has 0 bridgehead atoms. The Bertz CT molecular complexity index is 797. The molecule has 2 N–H and O–H groups in total. The molecule has 0 saturated heterocycles. The zero-order chi connectivity index (χ0) is 18.0. The lowest BCUT2D eigenvalue weighted by Gasteiger charge is -2.10. The van der Waals surface area contributed by atoms with Crippen molar-refractivity contribution >= 4 is 17.5 Å². The van der Waals surface area contributed by atoms with Gasteiger partial charge in [-0.15, -0.1) is 0 Å². The monoisotopic (exact) mass is 348 g/mol. The Hall–Kier alpha value is -2.83. The highest BCUT2D eigenvalue weighted by atomic mass is 19.4. The molecule has 0 aliphatic heterocycles. The van der Waals surface area contributed by atoms with Crippen LogP contribution in [0, 0.1) is 0 Å². The number of anilines is 1. The van der Waals surface area contributed by atoms with Gasteiger partial charge in [-0.2, -0.15) is 13.2 Å². The highest BCUT2D eigenvalue weighted by Crippen LogP contribution is 2.29. The number of hydrogen-bond donors (Lipinski definition) is 2. The first-order valence-corrected chi connectivity index (χ1v) is 7.72. The van der Waals surface area contributed by atoms with Crippen molar-refractivity contribution in [3.05, 3.63) is 65.2 Å². The van der Waals surface area contributed by atoms with Crippen LogP contribution in [0.2, 0.25) is 0 Å². The van der Waals surface area contributed by atoms with Gasteiger partial charge in [0.15, 0.2) is 0 Å². The number of alkyl halides is 3. The summed E-state index contributed by atoms with van der Waals surface area (Å²) in [6, 6.07) is 10.6.